The maximum absolute atomic E-state index is 12.0. The SMILES string of the molecule is COc1cc(N)c(Cl)cc1C(=O)NCCC1CC1. The Labute approximate surface area is 111 Å². The van der Waals surface area contributed by atoms with Gasteiger partial charge >= 0.3 is 0 Å². The van der Waals surface area contributed by atoms with Crippen LogP contribution in [0.2, 0.25) is 5.02 Å². The molecule has 0 aliphatic heterocycles. The Morgan fingerprint density at radius 1 is 1.56 bits per heavy atom. The molecule has 0 aromatic heterocycles. The van der Waals surface area contributed by atoms with Gasteiger partial charge in [-0.25, -0.2) is 0 Å². The van der Waals surface area contributed by atoms with Crippen LogP contribution in [0.5, 0.6) is 5.75 Å². The summed E-state index contributed by atoms with van der Waals surface area (Å²) in [6, 6.07) is 3.11. The lowest BCUT2D eigenvalue weighted by atomic mass is 10.1. The number of halogens is 1. The number of amides is 1. The standard InChI is InChI=1S/C13H17ClN2O2/c1-18-12-7-11(15)10(14)6-9(12)13(17)16-5-4-8-2-3-8/h6-8H,2-5,15H2,1H3,(H,16,17). The molecule has 5 heteroatoms. The van der Waals surface area contributed by atoms with Crippen LogP contribution in [0.3, 0.4) is 0 Å². The number of methoxy groups -OCH3 is 1. The Hall–Kier alpha value is -1.42. The summed E-state index contributed by atoms with van der Waals surface area (Å²) in [6.45, 7) is 0.689. The average Bonchev–Trinajstić information content (AvgIpc) is 3.16. The first-order valence-corrected chi connectivity index (χ1v) is 6.41. The molecule has 2 rings (SSSR count). The number of carbonyl (C=O) groups excluding carboxylic acids is 1. The number of carbonyl (C=O) groups is 1. The molecule has 0 unspecified atom stereocenters. The van der Waals surface area contributed by atoms with Crippen LogP contribution in [-0.2, 0) is 0 Å². The zero-order valence-corrected chi connectivity index (χ0v) is 11.1. The van der Waals surface area contributed by atoms with Crippen LogP contribution < -0.4 is 15.8 Å². The van der Waals surface area contributed by atoms with Gasteiger partial charge in [0.05, 0.1) is 23.4 Å². The van der Waals surface area contributed by atoms with E-state index < -0.39 is 0 Å². The van der Waals surface area contributed by atoms with E-state index >= 15 is 0 Å². The summed E-state index contributed by atoms with van der Waals surface area (Å²) in [5, 5.41) is 3.24. The fourth-order valence-corrected chi connectivity index (χ4v) is 1.97. The molecule has 1 aliphatic rings. The Morgan fingerprint density at radius 2 is 2.28 bits per heavy atom. The van der Waals surface area contributed by atoms with Crippen molar-refractivity contribution in [2.45, 2.75) is 19.3 Å². The Kier molecular flexibility index (Phi) is 3.97. The van der Waals surface area contributed by atoms with E-state index in [-0.39, 0.29) is 5.91 Å². The van der Waals surface area contributed by atoms with Crippen molar-refractivity contribution in [2.75, 3.05) is 19.4 Å². The van der Waals surface area contributed by atoms with Crippen LogP contribution in [0.1, 0.15) is 29.6 Å². The highest BCUT2D eigenvalue weighted by molar-refractivity contribution is 6.33. The fraction of sp³-hybridized carbons (Fsp3) is 0.462. The Balaban J connectivity index is 2.04. The number of anilines is 1. The lowest BCUT2D eigenvalue weighted by Crippen LogP contribution is -2.25. The Bertz CT molecular complexity index is 459. The van der Waals surface area contributed by atoms with E-state index in [9.17, 15) is 4.79 Å². The normalized spacial score (nSPS) is 14.3. The summed E-state index contributed by atoms with van der Waals surface area (Å²) < 4.78 is 5.14. The molecule has 1 amide bonds. The fourth-order valence-electron chi connectivity index (χ4n) is 1.81. The summed E-state index contributed by atoms with van der Waals surface area (Å²) in [5.41, 5.74) is 6.50. The smallest absolute Gasteiger partial charge is 0.255 e. The second-order valence-electron chi connectivity index (χ2n) is 4.56. The first kappa shape index (κ1) is 13.0. The first-order chi connectivity index (χ1) is 8.61. The highest BCUT2D eigenvalue weighted by Gasteiger charge is 2.21. The van der Waals surface area contributed by atoms with Crippen molar-refractivity contribution in [3.05, 3.63) is 22.7 Å². The first-order valence-electron chi connectivity index (χ1n) is 6.03. The molecule has 1 fully saturated rings. The quantitative estimate of drug-likeness (QED) is 0.807. The molecule has 0 heterocycles. The van der Waals surface area contributed by atoms with Crippen LogP contribution in [-0.4, -0.2) is 19.6 Å². The third-order valence-electron chi connectivity index (χ3n) is 3.10. The van der Waals surface area contributed by atoms with Crippen molar-refractivity contribution >= 4 is 23.2 Å². The second kappa shape index (κ2) is 5.48. The predicted molar refractivity (Wildman–Crippen MR) is 72.1 cm³/mol. The number of nitrogens with two attached hydrogens (primary N) is 1. The molecule has 3 N–H and O–H groups in total. The van der Waals surface area contributed by atoms with E-state index in [1.807, 2.05) is 0 Å². The monoisotopic (exact) mass is 268 g/mol. The van der Waals surface area contributed by atoms with Crippen LogP contribution in [0.25, 0.3) is 0 Å². The lowest BCUT2D eigenvalue weighted by Gasteiger charge is -2.11. The minimum absolute atomic E-state index is 0.172. The van der Waals surface area contributed by atoms with Crippen molar-refractivity contribution < 1.29 is 9.53 Å². The van der Waals surface area contributed by atoms with Gasteiger partial charge in [-0.05, 0) is 18.4 Å². The molecule has 18 heavy (non-hydrogen) atoms. The van der Waals surface area contributed by atoms with Crippen molar-refractivity contribution in [2.24, 2.45) is 5.92 Å². The van der Waals surface area contributed by atoms with Gasteiger partial charge in [0.25, 0.3) is 5.91 Å². The number of nitrogens with one attached hydrogen (secondary N) is 1. The maximum atomic E-state index is 12.0. The molecule has 98 valence electrons. The third-order valence-corrected chi connectivity index (χ3v) is 3.43. The van der Waals surface area contributed by atoms with Gasteiger partial charge in [0.15, 0.2) is 0 Å². The predicted octanol–water partition coefficient (Wildman–Crippen LogP) is 2.46. The largest absolute Gasteiger partial charge is 0.496 e. The molecule has 0 radical (unpaired) electrons. The molecule has 0 saturated heterocycles. The molecular formula is C13H17ClN2O2. The van der Waals surface area contributed by atoms with Gasteiger partial charge in [0.1, 0.15) is 5.75 Å². The van der Waals surface area contributed by atoms with E-state index in [4.69, 9.17) is 22.1 Å². The topological polar surface area (TPSA) is 64.3 Å². The summed E-state index contributed by atoms with van der Waals surface area (Å²) >= 11 is 5.92. The van der Waals surface area contributed by atoms with Crippen LogP contribution in [0.15, 0.2) is 12.1 Å². The highest BCUT2D eigenvalue weighted by atomic mass is 35.5. The summed E-state index contributed by atoms with van der Waals surface area (Å²) in [4.78, 5) is 12.0. The number of ether oxygens (including phenoxy) is 1. The van der Waals surface area contributed by atoms with Crippen molar-refractivity contribution in [1.82, 2.24) is 5.32 Å². The van der Waals surface area contributed by atoms with Gasteiger partial charge in [-0.15, -0.1) is 0 Å². The molecule has 1 saturated carbocycles. The van der Waals surface area contributed by atoms with Gasteiger partial charge in [-0.1, -0.05) is 24.4 Å². The van der Waals surface area contributed by atoms with Crippen LogP contribution in [0, 0.1) is 5.92 Å². The number of hydrogen-bond donors (Lipinski definition) is 2. The van der Waals surface area contributed by atoms with Crippen LogP contribution in [0.4, 0.5) is 5.69 Å². The summed E-state index contributed by atoms with van der Waals surface area (Å²) in [6.07, 6.45) is 3.61. The number of benzene rings is 1. The maximum Gasteiger partial charge on any atom is 0.255 e. The van der Waals surface area contributed by atoms with Crippen LogP contribution >= 0.6 is 11.6 Å². The molecular weight excluding hydrogens is 252 g/mol. The van der Waals surface area contributed by atoms with E-state index in [1.54, 1.807) is 12.1 Å². The minimum Gasteiger partial charge on any atom is -0.496 e. The average molecular weight is 269 g/mol. The zero-order valence-electron chi connectivity index (χ0n) is 10.3. The van der Waals surface area contributed by atoms with Gasteiger partial charge in [0.2, 0.25) is 0 Å². The van der Waals surface area contributed by atoms with E-state index in [2.05, 4.69) is 5.32 Å². The van der Waals surface area contributed by atoms with E-state index in [1.165, 1.54) is 20.0 Å². The summed E-state index contributed by atoms with van der Waals surface area (Å²) in [5.74, 6) is 1.07. The zero-order chi connectivity index (χ0) is 13.1. The van der Waals surface area contributed by atoms with Gasteiger partial charge in [-0.2, -0.15) is 0 Å². The minimum atomic E-state index is -0.172. The second-order valence-corrected chi connectivity index (χ2v) is 4.97. The molecule has 1 aromatic carbocycles. The highest BCUT2D eigenvalue weighted by Crippen LogP contribution is 2.32. The Morgan fingerprint density at radius 3 is 2.89 bits per heavy atom. The molecule has 4 nitrogen and oxygen atoms in total. The van der Waals surface area contributed by atoms with E-state index in [0.717, 1.165) is 12.3 Å². The lowest BCUT2D eigenvalue weighted by molar-refractivity contribution is 0.0949. The molecule has 0 atom stereocenters. The molecule has 1 aromatic rings. The third kappa shape index (κ3) is 3.07. The number of hydrogen-bond acceptors (Lipinski definition) is 3. The van der Waals surface area contributed by atoms with Gasteiger partial charge in [-0.3, -0.25) is 4.79 Å². The van der Waals surface area contributed by atoms with Gasteiger partial charge < -0.3 is 15.8 Å². The van der Waals surface area contributed by atoms with Crippen molar-refractivity contribution in [3.8, 4) is 5.75 Å². The van der Waals surface area contributed by atoms with Gasteiger partial charge in [0, 0.05) is 12.6 Å². The van der Waals surface area contributed by atoms with Crippen molar-refractivity contribution in [3.63, 3.8) is 0 Å². The molecule has 0 spiro atoms. The number of rotatable bonds is 5. The molecule has 0 bridgehead atoms. The van der Waals surface area contributed by atoms with E-state index in [0.29, 0.717) is 28.6 Å². The number of nitrogen functional groups attached to an aromatic ring is 1. The van der Waals surface area contributed by atoms with Crippen molar-refractivity contribution in [1.29, 1.82) is 0 Å². The molecule has 1 aliphatic carbocycles. The summed E-state index contributed by atoms with van der Waals surface area (Å²) in [7, 11) is 1.50.